The number of nitrogens with one attached hydrogen (secondary N) is 1. The van der Waals surface area contributed by atoms with Crippen molar-refractivity contribution in [1.29, 1.82) is 0 Å². The summed E-state index contributed by atoms with van der Waals surface area (Å²) in [4.78, 5) is 36.9. The maximum atomic E-state index is 10.3. The van der Waals surface area contributed by atoms with E-state index in [1.807, 2.05) is 11.8 Å². The third kappa shape index (κ3) is 7.72. The summed E-state index contributed by atoms with van der Waals surface area (Å²) in [7, 11) is 0. The number of H-pyrrole nitrogens is 1. The first-order valence-corrected chi connectivity index (χ1v) is 13.4. The van der Waals surface area contributed by atoms with Crippen molar-refractivity contribution in [3.63, 3.8) is 0 Å². The molecule has 5 N–H and O–H groups in total. The smallest absolute Gasteiger partial charge is 0.336 e. The standard InChI is InChI=1S/C20H30N2S.C6H8O7/c1-4-10-22(11-5-2)16-13-15-8-7-9-18-19(15)17(14-16)20(21-18)23-12-6-3;7-3(8)1-6(13,5(11)12)2-4(9)10/h7-9,16,21H,4-6,10-14H2,1-3H3;13H,1-2H2,(H,7,8)(H,9,10)(H,11,12). The fourth-order valence-corrected chi connectivity index (χ4v) is 5.60. The van der Waals surface area contributed by atoms with Crippen LogP contribution < -0.4 is 0 Å². The number of nitrogens with zero attached hydrogens (tertiary/aromatic N) is 1. The summed E-state index contributed by atoms with van der Waals surface area (Å²) in [5, 5.41) is 36.8. The topological polar surface area (TPSA) is 151 Å². The Balaban J connectivity index is 0.000000302. The highest BCUT2D eigenvalue weighted by Gasteiger charge is 2.40. The van der Waals surface area contributed by atoms with Crippen LogP contribution in [-0.2, 0) is 27.2 Å². The van der Waals surface area contributed by atoms with Crippen molar-refractivity contribution in [1.82, 2.24) is 9.88 Å². The van der Waals surface area contributed by atoms with Gasteiger partial charge in [-0.05, 0) is 68.1 Å². The van der Waals surface area contributed by atoms with Gasteiger partial charge in [0, 0.05) is 16.9 Å². The Morgan fingerprint density at radius 1 is 1.00 bits per heavy atom. The van der Waals surface area contributed by atoms with E-state index >= 15 is 0 Å². The number of rotatable bonds is 13. The summed E-state index contributed by atoms with van der Waals surface area (Å²) in [5.41, 5.74) is 1.73. The minimum absolute atomic E-state index is 0.671. The number of thioether (sulfide) groups is 1. The molecular weight excluding hydrogens is 484 g/mol. The van der Waals surface area contributed by atoms with E-state index in [0.29, 0.717) is 6.04 Å². The minimum Gasteiger partial charge on any atom is -0.481 e. The largest absolute Gasteiger partial charge is 0.481 e. The lowest BCUT2D eigenvalue weighted by Gasteiger charge is -2.34. The van der Waals surface area contributed by atoms with Crippen molar-refractivity contribution in [3.05, 3.63) is 29.3 Å². The van der Waals surface area contributed by atoms with E-state index in [4.69, 9.17) is 20.4 Å². The number of hydrogen-bond acceptors (Lipinski definition) is 6. The van der Waals surface area contributed by atoms with Gasteiger partial charge in [-0.15, -0.1) is 11.8 Å². The number of carbonyl (C=O) groups is 3. The Labute approximate surface area is 215 Å². The van der Waals surface area contributed by atoms with Gasteiger partial charge in [0.05, 0.1) is 17.9 Å². The van der Waals surface area contributed by atoms with Crippen LogP contribution in [0.4, 0.5) is 0 Å². The van der Waals surface area contributed by atoms with Crippen LogP contribution in [0, 0.1) is 0 Å². The van der Waals surface area contributed by atoms with E-state index in [9.17, 15) is 14.4 Å². The Hall–Kier alpha value is -2.56. The highest BCUT2D eigenvalue weighted by molar-refractivity contribution is 7.99. The summed E-state index contributed by atoms with van der Waals surface area (Å²) >= 11 is 2.01. The number of benzene rings is 1. The molecule has 1 atom stereocenters. The molecular formula is C26H38N2O7S. The fraction of sp³-hybridized carbons (Fsp3) is 0.577. The molecule has 0 aliphatic heterocycles. The van der Waals surface area contributed by atoms with Gasteiger partial charge in [0.2, 0.25) is 0 Å². The molecule has 1 heterocycles. The number of aliphatic hydroxyl groups is 1. The molecule has 9 nitrogen and oxygen atoms in total. The van der Waals surface area contributed by atoms with E-state index in [-0.39, 0.29) is 0 Å². The lowest BCUT2D eigenvalue weighted by molar-refractivity contribution is -0.170. The molecule has 3 rings (SSSR count). The average Bonchev–Trinajstić information content (AvgIpc) is 3.15. The molecule has 0 saturated carbocycles. The lowest BCUT2D eigenvalue weighted by atomic mass is 9.88. The van der Waals surface area contributed by atoms with Gasteiger partial charge < -0.3 is 25.4 Å². The van der Waals surface area contributed by atoms with Gasteiger partial charge in [-0.25, -0.2) is 4.79 Å². The normalized spacial score (nSPS) is 15.0. The molecule has 0 bridgehead atoms. The highest BCUT2D eigenvalue weighted by atomic mass is 32.2. The monoisotopic (exact) mass is 522 g/mol. The van der Waals surface area contributed by atoms with Crippen molar-refractivity contribution in [2.45, 2.75) is 82.4 Å². The van der Waals surface area contributed by atoms with Crippen molar-refractivity contribution in [3.8, 4) is 0 Å². The van der Waals surface area contributed by atoms with E-state index in [1.165, 1.54) is 66.9 Å². The summed E-state index contributed by atoms with van der Waals surface area (Å²) in [6.45, 7) is 9.32. The molecule has 0 saturated heterocycles. The highest BCUT2D eigenvalue weighted by Crippen LogP contribution is 2.38. The molecule has 200 valence electrons. The Bertz CT molecular complexity index is 1030. The SMILES string of the molecule is CCCSc1[nH]c2cccc3c2c1CC(N(CCC)CCC)C3.O=C(O)CC(O)(CC(=O)O)C(=O)O. The Morgan fingerprint density at radius 3 is 2.11 bits per heavy atom. The second-order valence-electron chi connectivity index (χ2n) is 9.20. The number of hydrogen-bond donors (Lipinski definition) is 5. The van der Waals surface area contributed by atoms with Crippen LogP contribution in [0.15, 0.2) is 23.2 Å². The second-order valence-corrected chi connectivity index (χ2v) is 10.3. The Morgan fingerprint density at radius 2 is 1.61 bits per heavy atom. The third-order valence-corrected chi connectivity index (χ3v) is 7.39. The van der Waals surface area contributed by atoms with Gasteiger partial charge >= 0.3 is 17.9 Å². The first-order valence-electron chi connectivity index (χ1n) is 12.4. The van der Waals surface area contributed by atoms with Crippen LogP contribution in [0.3, 0.4) is 0 Å². The van der Waals surface area contributed by atoms with Gasteiger partial charge in [-0.1, -0.05) is 32.9 Å². The molecule has 0 fully saturated rings. The second kappa shape index (κ2) is 13.7. The van der Waals surface area contributed by atoms with Gasteiger partial charge in [-0.3, -0.25) is 14.5 Å². The fourth-order valence-electron chi connectivity index (χ4n) is 4.65. The predicted octanol–water partition coefficient (Wildman–Crippen LogP) is 4.01. The summed E-state index contributed by atoms with van der Waals surface area (Å²) in [6, 6.07) is 7.48. The van der Waals surface area contributed by atoms with Crippen molar-refractivity contribution >= 4 is 40.6 Å². The summed E-state index contributed by atoms with van der Waals surface area (Å²) in [6.07, 6.45) is 3.86. The predicted molar refractivity (Wildman–Crippen MR) is 140 cm³/mol. The first-order chi connectivity index (χ1) is 17.1. The summed E-state index contributed by atoms with van der Waals surface area (Å²) in [5.74, 6) is -3.82. The first kappa shape index (κ1) is 29.7. The number of carboxylic acid groups (broad SMARTS) is 3. The van der Waals surface area contributed by atoms with E-state index in [2.05, 4.69) is 48.9 Å². The molecule has 0 spiro atoms. The van der Waals surface area contributed by atoms with Crippen molar-refractivity contribution in [2.75, 3.05) is 18.8 Å². The maximum Gasteiger partial charge on any atom is 0.336 e. The zero-order valence-electron chi connectivity index (χ0n) is 21.2. The van der Waals surface area contributed by atoms with E-state index < -0.39 is 36.4 Å². The number of aromatic nitrogens is 1. The lowest BCUT2D eigenvalue weighted by Crippen LogP contribution is -2.42. The van der Waals surface area contributed by atoms with Crippen LogP contribution in [0.1, 0.15) is 64.0 Å². The van der Waals surface area contributed by atoms with Gasteiger partial charge in [0.15, 0.2) is 5.60 Å². The number of aromatic amines is 1. The van der Waals surface area contributed by atoms with Crippen LogP contribution in [0.5, 0.6) is 0 Å². The van der Waals surface area contributed by atoms with Gasteiger partial charge in [-0.2, -0.15) is 0 Å². The number of carboxylic acids is 3. The third-order valence-electron chi connectivity index (χ3n) is 6.14. The molecule has 1 unspecified atom stereocenters. The van der Waals surface area contributed by atoms with Gasteiger partial charge in [0.25, 0.3) is 0 Å². The molecule has 0 amide bonds. The van der Waals surface area contributed by atoms with E-state index in [0.717, 1.165) is 0 Å². The molecule has 36 heavy (non-hydrogen) atoms. The quantitative estimate of drug-likeness (QED) is 0.246. The zero-order valence-corrected chi connectivity index (χ0v) is 22.1. The minimum atomic E-state index is -2.74. The molecule has 1 aromatic carbocycles. The molecule has 2 aromatic rings. The van der Waals surface area contributed by atoms with Gasteiger partial charge in [0.1, 0.15) is 0 Å². The van der Waals surface area contributed by atoms with E-state index in [1.54, 1.807) is 11.1 Å². The molecule has 1 aliphatic carbocycles. The van der Waals surface area contributed by atoms with Crippen LogP contribution in [0.2, 0.25) is 0 Å². The maximum absolute atomic E-state index is 10.3. The van der Waals surface area contributed by atoms with Crippen molar-refractivity contribution < 1.29 is 34.8 Å². The average molecular weight is 523 g/mol. The number of aliphatic carboxylic acids is 3. The Kier molecular flexibility index (Phi) is 11.3. The molecule has 10 heteroatoms. The molecule has 1 aromatic heterocycles. The van der Waals surface area contributed by atoms with Crippen molar-refractivity contribution in [2.24, 2.45) is 0 Å². The molecule has 0 radical (unpaired) electrons. The van der Waals surface area contributed by atoms with Crippen LogP contribution in [0.25, 0.3) is 10.9 Å². The molecule has 1 aliphatic rings. The van der Waals surface area contributed by atoms with Crippen LogP contribution >= 0.6 is 11.8 Å². The zero-order chi connectivity index (χ0) is 26.9. The summed E-state index contributed by atoms with van der Waals surface area (Å²) < 4.78 is 0. The van der Waals surface area contributed by atoms with Crippen LogP contribution in [-0.4, -0.2) is 78.7 Å².